The van der Waals surface area contributed by atoms with Gasteiger partial charge in [0.15, 0.2) is 6.29 Å². The lowest BCUT2D eigenvalue weighted by molar-refractivity contribution is -0.273. The third kappa shape index (κ3) is 9.72. The van der Waals surface area contributed by atoms with E-state index in [9.17, 15) is 4.79 Å². The zero-order chi connectivity index (χ0) is 42.6. The lowest BCUT2D eigenvalue weighted by Gasteiger charge is -2.47. The smallest absolute Gasteiger partial charge is 0.263 e. The van der Waals surface area contributed by atoms with Gasteiger partial charge in [0.2, 0.25) is 5.91 Å². The molecule has 1 amide bonds. The van der Waals surface area contributed by atoms with Crippen molar-refractivity contribution >= 4 is 23.9 Å². The summed E-state index contributed by atoms with van der Waals surface area (Å²) in [6, 6.07) is 67.2. The molecule has 314 valence electrons. The fraction of sp³-hybridized carbons (Fsp3) is 0.189. The van der Waals surface area contributed by atoms with Crippen molar-refractivity contribution < 1.29 is 32.8 Å². The number of carbonyl (C=O) groups excluding carboxylic acids is 1. The van der Waals surface area contributed by atoms with Gasteiger partial charge in [-0.25, -0.2) is 0 Å². The van der Waals surface area contributed by atoms with Crippen LogP contribution < -0.4 is 15.9 Å². The third-order valence-electron chi connectivity index (χ3n) is 11.0. The highest BCUT2D eigenvalue weighted by molar-refractivity contribution is 7.74. The van der Waals surface area contributed by atoms with E-state index in [1.54, 1.807) is 24.3 Å². The number of amides is 1. The van der Waals surface area contributed by atoms with Crippen LogP contribution in [-0.2, 0) is 51.6 Å². The molecule has 1 heterocycles. The lowest BCUT2D eigenvalue weighted by atomic mass is 9.80. The van der Waals surface area contributed by atoms with Crippen molar-refractivity contribution in [2.24, 2.45) is 0 Å². The van der Waals surface area contributed by atoms with Crippen LogP contribution in [-0.4, -0.2) is 43.2 Å². The molecule has 7 aromatic carbocycles. The van der Waals surface area contributed by atoms with Crippen molar-refractivity contribution in [2.75, 3.05) is 6.61 Å². The third-order valence-corrected chi connectivity index (χ3v) is 13.5. The van der Waals surface area contributed by atoms with E-state index in [1.807, 2.05) is 152 Å². The van der Waals surface area contributed by atoms with Gasteiger partial charge in [0.25, 0.3) is 7.37 Å². The lowest BCUT2D eigenvalue weighted by Crippen LogP contribution is -2.66. The van der Waals surface area contributed by atoms with Crippen molar-refractivity contribution in [3.63, 3.8) is 0 Å². The second kappa shape index (κ2) is 20.3. The van der Waals surface area contributed by atoms with Crippen LogP contribution in [0.2, 0.25) is 0 Å². The maximum atomic E-state index is 15.7. The predicted octanol–water partition coefficient (Wildman–Crippen LogP) is 9.34. The van der Waals surface area contributed by atoms with Crippen molar-refractivity contribution in [3.8, 4) is 0 Å². The summed E-state index contributed by atoms with van der Waals surface area (Å²) in [7, 11) is -3.89. The van der Waals surface area contributed by atoms with Crippen LogP contribution in [0.25, 0.3) is 0 Å². The number of hydrogen-bond donors (Lipinski definition) is 1. The van der Waals surface area contributed by atoms with Crippen LogP contribution in [0.5, 0.6) is 0 Å². The molecule has 1 N–H and O–H groups in total. The molecule has 1 saturated heterocycles. The van der Waals surface area contributed by atoms with E-state index in [2.05, 4.69) is 41.7 Å². The standard InChI is InChI=1S/C53H50NO7P/c1-40(55)54-49-51(58-38-42-25-11-3-12-26-42)50(57-37-41-23-9-2-10-24-41)48(60-52(49)61-62(56,46-33-19-7-20-34-46)47-35-21-8-22-36-47)39-59-53(43-27-13-4-14-28-43,44-29-15-5-16-30-44)45-31-17-6-18-32-45/h2-36,48-52H,37-39H2,1H3,(H,54,55)/t48-,49-,50-,51-,52+/m1/s1. The summed E-state index contributed by atoms with van der Waals surface area (Å²) in [6.07, 6.45) is -3.89. The van der Waals surface area contributed by atoms with Gasteiger partial charge in [-0.1, -0.05) is 188 Å². The van der Waals surface area contributed by atoms with E-state index >= 15 is 4.57 Å². The summed E-state index contributed by atoms with van der Waals surface area (Å²) < 4.78 is 50.9. The van der Waals surface area contributed by atoms with Crippen molar-refractivity contribution in [3.05, 3.63) is 240 Å². The number of benzene rings is 7. The zero-order valence-corrected chi connectivity index (χ0v) is 35.4. The van der Waals surface area contributed by atoms with E-state index in [1.165, 1.54) is 6.92 Å². The van der Waals surface area contributed by atoms with Gasteiger partial charge in [0.1, 0.15) is 30.0 Å². The first-order valence-electron chi connectivity index (χ1n) is 20.9. The Morgan fingerprint density at radius 3 is 1.32 bits per heavy atom. The van der Waals surface area contributed by atoms with Gasteiger partial charge in [-0.05, 0) is 52.1 Å². The first-order chi connectivity index (χ1) is 30.4. The number of nitrogens with one attached hydrogen (secondary N) is 1. The Balaban J connectivity index is 1.27. The first-order valence-corrected chi connectivity index (χ1v) is 22.5. The number of rotatable bonds is 17. The topological polar surface area (TPSA) is 92.3 Å². The van der Waals surface area contributed by atoms with Crippen LogP contribution >= 0.6 is 7.37 Å². The number of ether oxygens (including phenoxy) is 4. The average Bonchev–Trinajstić information content (AvgIpc) is 3.33. The van der Waals surface area contributed by atoms with Crippen molar-refractivity contribution in [1.82, 2.24) is 5.32 Å². The molecule has 0 unspecified atom stereocenters. The molecule has 0 radical (unpaired) electrons. The van der Waals surface area contributed by atoms with E-state index in [-0.39, 0.29) is 25.7 Å². The second-order valence-electron chi connectivity index (χ2n) is 15.2. The number of hydrogen-bond acceptors (Lipinski definition) is 7. The van der Waals surface area contributed by atoms with E-state index in [4.69, 9.17) is 23.5 Å². The highest BCUT2D eigenvalue weighted by Crippen LogP contribution is 2.49. The highest BCUT2D eigenvalue weighted by Gasteiger charge is 2.52. The Bertz CT molecular complexity index is 2340. The quantitative estimate of drug-likeness (QED) is 0.0722. The summed E-state index contributed by atoms with van der Waals surface area (Å²) in [5.74, 6) is -0.345. The first kappa shape index (κ1) is 42.7. The molecule has 5 atom stereocenters. The van der Waals surface area contributed by atoms with Gasteiger partial charge < -0.3 is 24.3 Å². The molecule has 0 saturated carbocycles. The van der Waals surface area contributed by atoms with Gasteiger partial charge in [-0.2, -0.15) is 0 Å². The van der Waals surface area contributed by atoms with E-state index in [0.717, 1.165) is 27.8 Å². The summed E-state index contributed by atoms with van der Waals surface area (Å²) in [6.45, 7) is 1.80. The minimum absolute atomic E-state index is 0.0308. The summed E-state index contributed by atoms with van der Waals surface area (Å²) in [4.78, 5) is 13.3. The molecular formula is C53H50NO7P. The SMILES string of the molecule is CC(=O)N[C@H]1[C@H](OP(=O)(c2ccccc2)c2ccccc2)O[C@H](COC(c2ccccc2)(c2ccccc2)c2ccccc2)[C@@H](OCc2ccccc2)[C@@H]1OCc1ccccc1. The molecule has 0 bridgehead atoms. The van der Waals surface area contributed by atoms with Gasteiger partial charge in [0, 0.05) is 17.5 Å². The molecule has 0 aliphatic carbocycles. The van der Waals surface area contributed by atoms with Crippen LogP contribution in [0.15, 0.2) is 212 Å². The largest absolute Gasteiger partial charge is 0.368 e. The van der Waals surface area contributed by atoms with Gasteiger partial charge >= 0.3 is 0 Å². The average molecular weight is 844 g/mol. The summed E-state index contributed by atoms with van der Waals surface area (Å²) in [5.41, 5.74) is 3.48. The fourth-order valence-electron chi connectivity index (χ4n) is 8.09. The van der Waals surface area contributed by atoms with Crippen LogP contribution in [0, 0.1) is 0 Å². The van der Waals surface area contributed by atoms with E-state index < -0.39 is 43.6 Å². The summed E-state index contributed by atoms with van der Waals surface area (Å²) in [5, 5.41) is 4.04. The summed E-state index contributed by atoms with van der Waals surface area (Å²) >= 11 is 0. The Labute approximate surface area is 363 Å². The molecule has 7 aromatic rings. The Kier molecular flexibility index (Phi) is 14.0. The Morgan fingerprint density at radius 1 is 0.548 bits per heavy atom. The Hall–Kier alpha value is -5.96. The van der Waals surface area contributed by atoms with Gasteiger partial charge in [-0.15, -0.1) is 0 Å². The minimum atomic E-state index is -3.89. The highest BCUT2D eigenvalue weighted by atomic mass is 31.2. The molecular weight excluding hydrogens is 794 g/mol. The Morgan fingerprint density at radius 2 is 0.919 bits per heavy atom. The molecule has 9 heteroatoms. The zero-order valence-electron chi connectivity index (χ0n) is 34.5. The minimum Gasteiger partial charge on any atom is -0.368 e. The van der Waals surface area contributed by atoms with Crippen LogP contribution in [0.4, 0.5) is 0 Å². The second-order valence-corrected chi connectivity index (χ2v) is 17.6. The molecule has 8 nitrogen and oxygen atoms in total. The predicted molar refractivity (Wildman–Crippen MR) is 242 cm³/mol. The molecule has 0 aromatic heterocycles. The van der Waals surface area contributed by atoms with E-state index in [0.29, 0.717) is 10.6 Å². The fourth-order valence-corrected chi connectivity index (χ4v) is 10.2. The number of carbonyl (C=O) groups is 1. The normalized spacial score (nSPS) is 19.1. The molecule has 62 heavy (non-hydrogen) atoms. The monoisotopic (exact) mass is 843 g/mol. The van der Waals surface area contributed by atoms with Crippen molar-refractivity contribution in [1.29, 1.82) is 0 Å². The van der Waals surface area contributed by atoms with Gasteiger partial charge in [-0.3, -0.25) is 13.9 Å². The maximum Gasteiger partial charge on any atom is 0.263 e. The molecule has 8 rings (SSSR count). The van der Waals surface area contributed by atoms with Crippen LogP contribution in [0.3, 0.4) is 0 Å². The molecule has 1 aliphatic rings. The molecule has 1 aliphatic heterocycles. The van der Waals surface area contributed by atoms with Crippen LogP contribution in [0.1, 0.15) is 34.7 Å². The molecule has 1 fully saturated rings. The molecule has 0 spiro atoms. The van der Waals surface area contributed by atoms with Crippen molar-refractivity contribution in [2.45, 2.75) is 56.4 Å². The van der Waals surface area contributed by atoms with Gasteiger partial charge in [0.05, 0.1) is 19.8 Å². The maximum absolute atomic E-state index is 15.7.